The minimum Gasteiger partial charge on any atom is -0.358 e. The second-order valence-corrected chi connectivity index (χ2v) is 5.31. The molecule has 18 heavy (non-hydrogen) atoms. The lowest BCUT2D eigenvalue weighted by molar-refractivity contribution is 0.640. The highest BCUT2D eigenvalue weighted by Gasteiger charge is 2.16. The number of nitrogens with one attached hydrogen (secondary N) is 2. The van der Waals surface area contributed by atoms with Gasteiger partial charge >= 0.3 is 0 Å². The molecule has 2 N–H and O–H groups in total. The first-order valence-electron chi connectivity index (χ1n) is 7.22. The molecule has 0 fully saturated rings. The second-order valence-electron chi connectivity index (χ2n) is 5.31. The summed E-state index contributed by atoms with van der Waals surface area (Å²) >= 11 is 0. The molecule has 0 atom stereocenters. The van der Waals surface area contributed by atoms with Crippen LogP contribution in [-0.2, 0) is 19.4 Å². The summed E-state index contributed by atoms with van der Waals surface area (Å²) in [6.45, 7) is 4.40. The van der Waals surface area contributed by atoms with Gasteiger partial charge in [0.1, 0.15) is 0 Å². The zero-order valence-electron chi connectivity index (χ0n) is 11.2. The lowest BCUT2D eigenvalue weighted by Gasteiger charge is -2.13. The van der Waals surface area contributed by atoms with E-state index in [0.717, 1.165) is 19.5 Å². The predicted octanol–water partition coefficient (Wildman–Crippen LogP) is 3.55. The minimum absolute atomic E-state index is 1.03. The quantitative estimate of drug-likeness (QED) is 0.788. The minimum atomic E-state index is 1.03. The standard InChI is InChI=1S/C16H22N2/c1-2-3-4-6-12-7-5-8-15-16(12)13-11-17-10-9-14(13)18-15/h5,7-8,17-18H,2-4,6,9-11H2,1H3. The van der Waals surface area contributed by atoms with Crippen LogP contribution in [0.1, 0.15) is 43.0 Å². The van der Waals surface area contributed by atoms with E-state index in [-0.39, 0.29) is 0 Å². The average molecular weight is 242 g/mol. The van der Waals surface area contributed by atoms with Crippen molar-refractivity contribution < 1.29 is 0 Å². The third-order valence-corrected chi connectivity index (χ3v) is 4.01. The molecular weight excluding hydrogens is 220 g/mol. The van der Waals surface area contributed by atoms with Crippen molar-refractivity contribution in [2.75, 3.05) is 6.54 Å². The SMILES string of the molecule is CCCCCc1cccc2[nH]c3c(c12)CNCC3. The van der Waals surface area contributed by atoms with Gasteiger partial charge in [-0.05, 0) is 30.0 Å². The van der Waals surface area contributed by atoms with E-state index in [4.69, 9.17) is 0 Å². The number of hydrogen-bond donors (Lipinski definition) is 2. The number of aromatic amines is 1. The molecule has 2 heteroatoms. The van der Waals surface area contributed by atoms with E-state index in [1.807, 2.05) is 0 Å². The van der Waals surface area contributed by atoms with Gasteiger partial charge in [-0.15, -0.1) is 0 Å². The molecular formula is C16H22N2. The van der Waals surface area contributed by atoms with Crippen molar-refractivity contribution >= 4 is 10.9 Å². The molecule has 2 heterocycles. The average Bonchev–Trinajstić information content (AvgIpc) is 2.78. The summed E-state index contributed by atoms with van der Waals surface area (Å²) in [5.41, 5.74) is 5.83. The first-order chi connectivity index (χ1) is 8.90. The van der Waals surface area contributed by atoms with Crippen LogP contribution in [0.2, 0.25) is 0 Å². The number of hydrogen-bond acceptors (Lipinski definition) is 1. The van der Waals surface area contributed by atoms with E-state index in [1.165, 1.54) is 53.4 Å². The van der Waals surface area contributed by atoms with Crippen molar-refractivity contribution in [2.24, 2.45) is 0 Å². The van der Waals surface area contributed by atoms with Crippen molar-refractivity contribution in [1.82, 2.24) is 10.3 Å². The van der Waals surface area contributed by atoms with Crippen LogP contribution in [0.15, 0.2) is 18.2 Å². The fourth-order valence-corrected chi connectivity index (χ4v) is 3.06. The molecule has 0 unspecified atom stereocenters. The molecule has 1 aromatic heterocycles. The first-order valence-corrected chi connectivity index (χ1v) is 7.22. The van der Waals surface area contributed by atoms with E-state index < -0.39 is 0 Å². The van der Waals surface area contributed by atoms with Crippen LogP contribution in [0.5, 0.6) is 0 Å². The molecule has 3 rings (SSSR count). The fraction of sp³-hybridized carbons (Fsp3) is 0.500. The Hall–Kier alpha value is -1.28. The molecule has 1 aliphatic rings. The number of rotatable bonds is 4. The summed E-state index contributed by atoms with van der Waals surface area (Å²) in [5.74, 6) is 0. The van der Waals surface area contributed by atoms with Crippen LogP contribution >= 0.6 is 0 Å². The van der Waals surface area contributed by atoms with Crippen LogP contribution in [0.3, 0.4) is 0 Å². The van der Waals surface area contributed by atoms with Crippen LogP contribution in [0.25, 0.3) is 10.9 Å². The van der Waals surface area contributed by atoms with Crippen LogP contribution < -0.4 is 5.32 Å². The number of aryl methyl sites for hydroxylation is 1. The van der Waals surface area contributed by atoms with Crippen molar-refractivity contribution in [2.45, 2.75) is 45.6 Å². The van der Waals surface area contributed by atoms with Gasteiger partial charge in [0, 0.05) is 36.1 Å². The van der Waals surface area contributed by atoms with Crippen LogP contribution in [0.4, 0.5) is 0 Å². The lowest BCUT2D eigenvalue weighted by Crippen LogP contribution is -2.23. The monoisotopic (exact) mass is 242 g/mol. The Morgan fingerprint density at radius 3 is 3.06 bits per heavy atom. The summed E-state index contributed by atoms with van der Waals surface area (Å²) in [7, 11) is 0. The third-order valence-electron chi connectivity index (χ3n) is 4.01. The van der Waals surface area contributed by atoms with Gasteiger partial charge in [0.15, 0.2) is 0 Å². The number of benzene rings is 1. The molecule has 0 spiro atoms. The smallest absolute Gasteiger partial charge is 0.0462 e. The highest BCUT2D eigenvalue weighted by Crippen LogP contribution is 2.29. The summed E-state index contributed by atoms with van der Waals surface area (Å²) < 4.78 is 0. The number of unbranched alkanes of at least 4 members (excludes halogenated alkanes) is 2. The molecule has 96 valence electrons. The van der Waals surface area contributed by atoms with Gasteiger partial charge < -0.3 is 10.3 Å². The predicted molar refractivity (Wildman–Crippen MR) is 76.9 cm³/mol. The summed E-state index contributed by atoms with van der Waals surface area (Å²) in [4.78, 5) is 3.61. The molecule has 0 radical (unpaired) electrons. The number of H-pyrrole nitrogens is 1. The highest BCUT2D eigenvalue weighted by molar-refractivity contribution is 5.88. The third kappa shape index (κ3) is 2.05. The highest BCUT2D eigenvalue weighted by atomic mass is 14.9. The van der Waals surface area contributed by atoms with Gasteiger partial charge in [-0.3, -0.25) is 0 Å². The normalized spacial score (nSPS) is 14.9. The van der Waals surface area contributed by atoms with Gasteiger partial charge in [-0.1, -0.05) is 31.9 Å². The Morgan fingerprint density at radius 1 is 1.22 bits per heavy atom. The van der Waals surface area contributed by atoms with E-state index in [0.29, 0.717) is 0 Å². The van der Waals surface area contributed by atoms with Crippen molar-refractivity contribution in [3.05, 3.63) is 35.0 Å². The molecule has 2 aromatic rings. The van der Waals surface area contributed by atoms with E-state index in [9.17, 15) is 0 Å². The van der Waals surface area contributed by atoms with Gasteiger partial charge in [0.25, 0.3) is 0 Å². The molecule has 2 nitrogen and oxygen atoms in total. The number of fused-ring (bicyclic) bond motifs is 3. The number of aromatic nitrogens is 1. The summed E-state index contributed by atoms with van der Waals surface area (Å²) in [5, 5.41) is 4.99. The zero-order valence-corrected chi connectivity index (χ0v) is 11.2. The van der Waals surface area contributed by atoms with Crippen LogP contribution in [0, 0.1) is 0 Å². The molecule has 0 saturated heterocycles. The molecule has 1 aliphatic heterocycles. The second kappa shape index (κ2) is 5.15. The Labute approximate surface area is 109 Å². The van der Waals surface area contributed by atoms with E-state index >= 15 is 0 Å². The maximum atomic E-state index is 3.61. The van der Waals surface area contributed by atoms with Crippen LogP contribution in [-0.4, -0.2) is 11.5 Å². The largest absolute Gasteiger partial charge is 0.358 e. The summed E-state index contributed by atoms with van der Waals surface area (Å²) in [6.07, 6.45) is 6.29. The van der Waals surface area contributed by atoms with Gasteiger partial charge in [0.2, 0.25) is 0 Å². The molecule has 0 amide bonds. The lowest BCUT2D eigenvalue weighted by atomic mass is 9.98. The van der Waals surface area contributed by atoms with Gasteiger partial charge in [-0.2, -0.15) is 0 Å². The topological polar surface area (TPSA) is 27.8 Å². The molecule has 0 saturated carbocycles. The Kier molecular flexibility index (Phi) is 3.37. The molecule has 1 aromatic carbocycles. The first kappa shape index (κ1) is 11.8. The van der Waals surface area contributed by atoms with E-state index in [1.54, 1.807) is 0 Å². The molecule has 0 bridgehead atoms. The van der Waals surface area contributed by atoms with Crippen molar-refractivity contribution in [1.29, 1.82) is 0 Å². The Bertz CT molecular complexity index is 539. The maximum absolute atomic E-state index is 3.61. The van der Waals surface area contributed by atoms with Crippen molar-refractivity contribution in [3.63, 3.8) is 0 Å². The fourth-order valence-electron chi connectivity index (χ4n) is 3.06. The molecule has 0 aliphatic carbocycles. The van der Waals surface area contributed by atoms with Crippen molar-refractivity contribution in [3.8, 4) is 0 Å². The Morgan fingerprint density at radius 2 is 2.17 bits per heavy atom. The van der Waals surface area contributed by atoms with Gasteiger partial charge in [-0.25, -0.2) is 0 Å². The van der Waals surface area contributed by atoms with Gasteiger partial charge in [0.05, 0.1) is 0 Å². The summed E-state index contributed by atoms with van der Waals surface area (Å²) in [6, 6.07) is 6.72. The maximum Gasteiger partial charge on any atom is 0.0462 e. The Balaban J connectivity index is 2.00. The van der Waals surface area contributed by atoms with E-state index in [2.05, 4.69) is 35.4 Å². The zero-order chi connectivity index (χ0) is 12.4.